The Morgan fingerprint density at radius 3 is 2.58 bits per heavy atom. The molecule has 0 unspecified atom stereocenters. The molecule has 1 rings (SSSR count). The number of ether oxygens (including phenoxy) is 1. The first kappa shape index (κ1) is 15.0. The summed E-state index contributed by atoms with van der Waals surface area (Å²) in [5, 5.41) is 13.1. The summed E-state index contributed by atoms with van der Waals surface area (Å²) in [4.78, 5) is 22.2. The van der Waals surface area contributed by atoms with Crippen molar-refractivity contribution >= 4 is 17.6 Å². The van der Waals surface area contributed by atoms with E-state index in [9.17, 15) is 14.7 Å². The van der Waals surface area contributed by atoms with Crippen molar-refractivity contribution in [2.45, 2.75) is 26.7 Å². The molecule has 0 radical (unpaired) electrons. The Morgan fingerprint density at radius 2 is 2.00 bits per heavy atom. The molecule has 5 nitrogen and oxygen atoms in total. The molecule has 0 aliphatic heterocycles. The molecule has 1 amide bonds. The number of carboxylic acids is 1. The fourth-order valence-corrected chi connectivity index (χ4v) is 1.71. The molecule has 1 aromatic carbocycles. The van der Waals surface area contributed by atoms with Crippen molar-refractivity contribution in [2.24, 2.45) is 5.92 Å². The first-order valence-electron chi connectivity index (χ1n) is 6.30. The van der Waals surface area contributed by atoms with Crippen LogP contribution in [0.2, 0.25) is 0 Å². The first-order chi connectivity index (χ1) is 9.06. The number of carbonyl (C=O) groups excluding carboxylic acids is 2. The summed E-state index contributed by atoms with van der Waals surface area (Å²) in [6.07, 6.45) is 1.56. The molecule has 5 heteroatoms. The Kier molecular flexibility index (Phi) is 5.85. The van der Waals surface area contributed by atoms with E-state index in [0.717, 1.165) is 12.8 Å². The molecule has 0 heterocycles. The molecular weight excluding hydrogens is 246 g/mol. The van der Waals surface area contributed by atoms with E-state index in [1.54, 1.807) is 24.3 Å². The lowest BCUT2D eigenvalue weighted by Gasteiger charge is -2.13. The molecule has 104 valence electrons. The van der Waals surface area contributed by atoms with E-state index in [-0.39, 0.29) is 11.8 Å². The van der Waals surface area contributed by atoms with Crippen LogP contribution in [-0.2, 0) is 9.59 Å². The molecule has 0 saturated heterocycles. The fraction of sp³-hybridized carbons (Fsp3) is 0.429. The smallest absolute Gasteiger partial charge is 0.227 e. The largest absolute Gasteiger partial charge is 0.546 e. The van der Waals surface area contributed by atoms with E-state index in [0.29, 0.717) is 11.4 Å². The number of aliphatic carboxylic acids is 1. The van der Waals surface area contributed by atoms with Crippen molar-refractivity contribution in [3.05, 3.63) is 24.3 Å². The van der Waals surface area contributed by atoms with Gasteiger partial charge in [0, 0.05) is 17.7 Å². The van der Waals surface area contributed by atoms with Crippen molar-refractivity contribution in [1.82, 2.24) is 0 Å². The van der Waals surface area contributed by atoms with Crippen molar-refractivity contribution in [1.29, 1.82) is 0 Å². The van der Waals surface area contributed by atoms with Crippen LogP contribution < -0.4 is 15.2 Å². The van der Waals surface area contributed by atoms with Gasteiger partial charge in [-0.3, -0.25) is 4.79 Å². The zero-order valence-corrected chi connectivity index (χ0v) is 11.1. The third-order valence-corrected chi connectivity index (χ3v) is 2.81. The maximum absolute atomic E-state index is 11.9. The zero-order chi connectivity index (χ0) is 14.3. The summed E-state index contributed by atoms with van der Waals surface area (Å²) < 4.78 is 4.99. The van der Waals surface area contributed by atoms with Gasteiger partial charge in [-0.1, -0.05) is 19.9 Å². The molecule has 0 bridgehead atoms. The SMILES string of the molecule is CCC(CC)C(=O)Nc1cccc(OCC(=O)[O-])c1. The van der Waals surface area contributed by atoms with Crippen LogP contribution in [0.5, 0.6) is 5.75 Å². The lowest BCUT2D eigenvalue weighted by atomic mass is 10.0. The van der Waals surface area contributed by atoms with Gasteiger partial charge in [0.2, 0.25) is 5.91 Å². The van der Waals surface area contributed by atoms with Crippen LogP contribution in [0.25, 0.3) is 0 Å². The fourth-order valence-electron chi connectivity index (χ4n) is 1.71. The molecule has 0 atom stereocenters. The number of carbonyl (C=O) groups is 2. The van der Waals surface area contributed by atoms with Crippen molar-refractivity contribution in [3.8, 4) is 5.75 Å². The molecular formula is C14H18NO4-. The topological polar surface area (TPSA) is 78.5 Å². The molecule has 1 N–H and O–H groups in total. The van der Waals surface area contributed by atoms with Gasteiger partial charge in [0.25, 0.3) is 0 Å². The molecule has 0 aliphatic carbocycles. The second-order valence-corrected chi connectivity index (χ2v) is 4.19. The van der Waals surface area contributed by atoms with E-state index in [2.05, 4.69) is 5.32 Å². The summed E-state index contributed by atoms with van der Waals surface area (Å²) in [5.41, 5.74) is 0.591. The molecule has 19 heavy (non-hydrogen) atoms. The number of rotatable bonds is 7. The van der Waals surface area contributed by atoms with E-state index in [4.69, 9.17) is 4.74 Å². The number of carboxylic acid groups (broad SMARTS) is 1. The van der Waals surface area contributed by atoms with Gasteiger partial charge in [0.15, 0.2) is 0 Å². The van der Waals surface area contributed by atoms with Gasteiger partial charge in [-0.05, 0) is 25.0 Å². The quantitative estimate of drug-likeness (QED) is 0.802. The predicted molar refractivity (Wildman–Crippen MR) is 69.6 cm³/mol. The summed E-state index contributed by atoms with van der Waals surface area (Å²) in [5.74, 6) is -0.965. The summed E-state index contributed by atoms with van der Waals surface area (Å²) in [6, 6.07) is 6.62. The second kappa shape index (κ2) is 7.41. The zero-order valence-electron chi connectivity index (χ0n) is 11.1. The van der Waals surface area contributed by atoms with Crippen LogP contribution in [-0.4, -0.2) is 18.5 Å². The highest BCUT2D eigenvalue weighted by Crippen LogP contribution is 2.19. The van der Waals surface area contributed by atoms with Gasteiger partial charge in [-0.15, -0.1) is 0 Å². The molecule has 0 fully saturated rings. The first-order valence-corrected chi connectivity index (χ1v) is 6.30. The molecule has 0 saturated carbocycles. The Bertz CT molecular complexity index is 441. The van der Waals surface area contributed by atoms with Crippen LogP contribution >= 0.6 is 0 Å². The van der Waals surface area contributed by atoms with Crippen molar-refractivity contribution < 1.29 is 19.4 Å². The van der Waals surface area contributed by atoms with Crippen molar-refractivity contribution in [3.63, 3.8) is 0 Å². The second-order valence-electron chi connectivity index (χ2n) is 4.19. The van der Waals surface area contributed by atoms with Gasteiger partial charge in [-0.2, -0.15) is 0 Å². The Labute approximate surface area is 112 Å². The normalized spacial score (nSPS) is 10.3. The maximum Gasteiger partial charge on any atom is 0.227 e. The van der Waals surface area contributed by atoms with Crippen LogP contribution in [0.4, 0.5) is 5.69 Å². The van der Waals surface area contributed by atoms with Crippen LogP contribution in [0.1, 0.15) is 26.7 Å². The maximum atomic E-state index is 11.9. The van der Waals surface area contributed by atoms with Gasteiger partial charge < -0.3 is 20.0 Å². The van der Waals surface area contributed by atoms with Crippen LogP contribution in [0, 0.1) is 5.92 Å². The highest BCUT2D eigenvalue weighted by atomic mass is 16.5. The summed E-state index contributed by atoms with van der Waals surface area (Å²) in [7, 11) is 0. The average Bonchev–Trinajstić information content (AvgIpc) is 2.38. The van der Waals surface area contributed by atoms with Crippen LogP contribution in [0.15, 0.2) is 24.3 Å². The summed E-state index contributed by atoms with van der Waals surface area (Å²) >= 11 is 0. The van der Waals surface area contributed by atoms with E-state index >= 15 is 0 Å². The summed E-state index contributed by atoms with van der Waals surface area (Å²) in [6.45, 7) is 3.42. The Hall–Kier alpha value is -2.04. The Balaban J connectivity index is 2.66. The highest BCUT2D eigenvalue weighted by molar-refractivity contribution is 5.92. The average molecular weight is 264 g/mol. The van der Waals surface area contributed by atoms with Gasteiger partial charge in [0.1, 0.15) is 12.4 Å². The van der Waals surface area contributed by atoms with Gasteiger partial charge >= 0.3 is 0 Å². The number of benzene rings is 1. The molecule has 1 aromatic rings. The number of nitrogens with one attached hydrogen (secondary N) is 1. The number of amides is 1. The van der Waals surface area contributed by atoms with Gasteiger partial charge in [0.05, 0.1) is 5.97 Å². The standard InChI is InChI=1S/C14H19NO4/c1-3-10(4-2)14(18)15-11-6-5-7-12(8-11)19-9-13(16)17/h5-8,10H,3-4,9H2,1-2H3,(H,15,18)(H,16,17)/p-1. The lowest BCUT2D eigenvalue weighted by molar-refractivity contribution is -0.307. The minimum atomic E-state index is -1.29. The molecule has 0 aliphatic rings. The van der Waals surface area contributed by atoms with E-state index in [1.807, 2.05) is 13.8 Å². The minimum Gasteiger partial charge on any atom is -0.546 e. The monoisotopic (exact) mass is 264 g/mol. The lowest BCUT2D eigenvalue weighted by Crippen LogP contribution is -2.29. The Morgan fingerprint density at radius 1 is 1.32 bits per heavy atom. The predicted octanol–water partition coefficient (Wildman–Crippen LogP) is 1.19. The third-order valence-electron chi connectivity index (χ3n) is 2.81. The number of hydrogen-bond acceptors (Lipinski definition) is 4. The van der Waals surface area contributed by atoms with Gasteiger partial charge in [-0.25, -0.2) is 0 Å². The van der Waals surface area contributed by atoms with Crippen LogP contribution in [0.3, 0.4) is 0 Å². The minimum absolute atomic E-state index is 0.0206. The number of hydrogen-bond donors (Lipinski definition) is 1. The highest BCUT2D eigenvalue weighted by Gasteiger charge is 2.14. The van der Waals surface area contributed by atoms with E-state index < -0.39 is 12.6 Å². The van der Waals surface area contributed by atoms with Crippen molar-refractivity contribution in [2.75, 3.05) is 11.9 Å². The number of anilines is 1. The molecule has 0 aromatic heterocycles. The van der Waals surface area contributed by atoms with E-state index in [1.165, 1.54) is 0 Å². The third kappa shape index (κ3) is 4.99. The molecule has 0 spiro atoms.